The second-order valence-corrected chi connectivity index (χ2v) is 9.98. The number of carbonyl (C=O) groups is 1. The molecule has 6 rings (SSSR count). The molecule has 0 unspecified atom stereocenters. The van der Waals surface area contributed by atoms with Crippen molar-refractivity contribution in [2.75, 3.05) is 17.7 Å². The van der Waals surface area contributed by atoms with Crippen LogP contribution in [0.2, 0.25) is 0 Å². The first-order chi connectivity index (χ1) is 18.0. The van der Waals surface area contributed by atoms with Crippen molar-refractivity contribution >= 4 is 28.2 Å². The number of aromatic nitrogens is 5. The van der Waals surface area contributed by atoms with Gasteiger partial charge in [0.2, 0.25) is 5.91 Å². The Bertz CT molecular complexity index is 1620. The first-order valence-electron chi connectivity index (χ1n) is 12.1. The summed E-state index contributed by atoms with van der Waals surface area (Å²) in [6, 6.07) is 16.5. The maximum Gasteiger partial charge on any atom is 0.223 e. The van der Waals surface area contributed by atoms with Crippen molar-refractivity contribution in [3.05, 3.63) is 77.9 Å². The third kappa shape index (κ3) is 4.27. The maximum atomic E-state index is 11.7. The summed E-state index contributed by atoms with van der Waals surface area (Å²) in [5.41, 5.74) is 9.25. The van der Waals surface area contributed by atoms with Crippen LogP contribution < -0.4 is 10.6 Å². The van der Waals surface area contributed by atoms with Gasteiger partial charge in [-0.3, -0.25) is 9.78 Å². The molecule has 184 valence electrons. The smallest absolute Gasteiger partial charge is 0.223 e. The average Bonchev–Trinajstić information content (AvgIpc) is 3.49. The van der Waals surface area contributed by atoms with E-state index >= 15 is 0 Å². The lowest BCUT2D eigenvalue weighted by molar-refractivity contribution is -0.114. The standard InChI is InChI=1S/C28H25N7OS/c1-16-14-19(12-13-30-16)18-4-7-21(8-5-18)35-26-22(25(34-35)20-6-11-24(29-3)31-15-20)9-10-23-27(26)37-28(33-23)32-17(2)36/h4-8,11-15H,9-10H2,1-3H3,(H,29,31)(H,32,33,36). The molecule has 0 atom stereocenters. The molecule has 0 bridgehead atoms. The Hall–Kier alpha value is -4.37. The molecule has 0 spiro atoms. The van der Waals surface area contributed by atoms with E-state index in [0.717, 1.165) is 68.7 Å². The Labute approximate surface area is 218 Å². The van der Waals surface area contributed by atoms with Gasteiger partial charge in [0.1, 0.15) is 5.82 Å². The number of aryl methyl sites for hydroxylation is 2. The Kier molecular flexibility index (Phi) is 5.77. The topological polar surface area (TPSA) is 97.6 Å². The zero-order valence-corrected chi connectivity index (χ0v) is 21.6. The van der Waals surface area contributed by atoms with Gasteiger partial charge >= 0.3 is 0 Å². The quantitative estimate of drug-likeness (QED) is 0.325. The molecule has 0 radical (unpaired) electrons. The fraction of sp³-hybridized carbons (Fsp3) is 0.179. The fourth-order valence-corrected chi connectivity index (χ4v) is 5.81. The average molecular weight is 508 g/mol. The Balaban J connectivity index is 1.49. The van der Waals surface area contributed by atoms with Crippen LogP contribution in [0.25, 0.3) is 38.6 Å². The summed E-state index contributed by atoms with van der Waals surface area (Å²) in [6.07, 6.45) is 5.29. The van der Waals surface area contributed by atoms with E-state index in [4.69, 9.17) is 10.1 Å². The molecule has 37 heavy (non-hydrogen) atoms. The number of rotatable bonds is 5. The van der Waals surface area contributed by atoms with Crippen LogP contribution in [0.1, 0.15) is 23.9 Å². The first-order valence-corrected chi connectivity index (χ1v) is 12.9. The van der Waals surface area contributed by atoms with E-state index in [2.05, 4.69) is 50.9 Å². The van der Waals surface area contributed by atoms with Crippen LogP contribution >= 0.6 is 11.3 Å². The molecule has 0 saturated carbocycles. The molecule has 4 heterocycles. The van der Waals surface area contributed by atoms with Gasteiger partial charge in [0.05, 0.1) is 27.6 Å². The van der Waals surface area contributed by atoms with Crippen molar-refractivity contribution in [3.8, 4) is 38.6 Å². The number of hydrogen-bond donors (Lipinski definition) is 2. The van der Waals surface area contributed by atoms with Gasteiger partial charge < -0.3 is 10.6 Å². The van der Waals surface area contributed by atoms with Gasteiger partial charge in [-0.15, -0.1) is 0 Å². The maximum absolute atomic E-state index is 11.7. The van der Waals surface area contributed by atoms with Gasteiger partial charge in [-0.25, -0.2) is 14.6 Å². The molecular formula is C28H25N7OS. The molecule has 0 fully saturated rings. The molecule has 4 aromatic heterocycles. The van der Waals surface area contributed by atoms with Gasteiger partial charge in [0, 0.05) is 43.2 Å². The van der Waals surface area contributed by atoms with Crippen molar-refractivity contribution in [2.45, 2.75) is 26.7 Å². The SMILES string of the molecule is CNc1ccc(-c2nn(-c3ccc(-c4ccnc(C)c4)cc3)c3c2CCc2nc(NC(C)=O)sc2-3)cn1. The van der Waals surface area contributed by atoms with Crippen LogP contribution in [0.5, 0.6) is 0 Å². The van der Waals surface area contributed by atoms with E-state index in [1.165, 1.54) is 23.8 Å². The Morgan fingerprint density at radius 2 is 1.81 bits per heavy atom. The highest BCUT2D eigenvalue weighted by Gasteiger charge is 2.30. The van der Waals surface area contributed by atoms with Crippen molar-refractivity contribution in [3.63, 3.8) is 0 Å². The highest BCUT2D eigenvalue weighted by Crippen LogP contribution is 2.44. The number of carbonyl (C=O) groups excluding carboxylic acids is 1. The van der Waals surface area contributed by atoms with Crippen LogP contribution in [0.4, 0.5) is 10.9 Å². The van der Waals surface area contributed by atoms with Gasteiger partial charge in [-0.2, -0.15) is 5.10 Å². The normalized spacial score (nSPS) is 12.1. The fourth-order valence-electron chi connectivity index (χ4n) is 4.69. The molecule has 5 aromatic rings. The Morgan fingerprint density at radius 1 is 1.00 bits per heavy atom. The van der Waals surface area contributed by atoms with Crippen molar-refractivity contribution in [2.24, 2.45) is 0 Å². The molecule has 1 amide bonds. The van der Waals surface area contributed by atoms with E-state index in [0.29, 0.717) is 5.13 Å². The summed E-state index contributed by atoms with van der Waals surface area (Å²) >= 11 is 1.49. The number of nitrogens with one attached hydrogen (secondary N) is 2. The summed E-state index contributed by atoms with van der Waals surface area (Å²) in [4.78, 5) is 26.3. The third-order valence-electron chi connectivity index (χ3n) is 6.43. The number of nitrogens with zero attached hydrogens (tertiary/aromatic N) is 5. The molecular weight excluding hydrogens is 482 g/mol. The lowest BCUT2D eigenvalue weighted by Gasteiger charge is -2.14. The summed E-state index contributed by atoms with van der Waals surface area (Å²) < 4.78 is 2.01. The number of hydrogen-bond acceptors (Lipinski definition) is 7. The molecule has 8 nitrogen and oxygen atoms in total. The first kappa shape index (κ1) is 23.1. The number of benzene rings is 1. The molecule has 1 aliphatic carbocycles. The largest absolute Gasteiger partial charge is 0.373 e. The molecule has 1 aromatic carbocycles. The molecule has 0 saturated heterocycles. The van der Waals surface area contributed by atoms with Crippen LogP contribution in [0.3, 0.4) is 0 Å². The number of fused-ring (bicyclic) bond motifs is 3. The molecule has 2 N–H and O–H groups in total. The summed E-state index contributed by atoms with van der Waals surface area (Å²) in [5, 5.41) is 11.6. The number of thiazole rings is 1. The number of anilines is 2. The minimum absolute atomic E-state index is 0.127. The predicted octanol–water partition coefficient (Wildman–Crippen LogP) is 5.53. The van der Waals surface area contributed by atoms with Gasteiger partial charge in [-0.1, -0.05) is 23.5 Å². The van der Waals surface area contributed by atoms with E-state index < -0.39 is 0 Å². The zero-order chi connectivity index (χ0) is 25.5. The van der Waals surface area contributed by atoms with E-state index in [-0.39, 0.29) is 5.91 Å². The van der Waals surface area contributed by atoms with Gasteiger partial charge in [-0.05, 0) is 67.3 Å². The third-order valence-corrected chi connectivity index (χ3v) is 7.45. The highest BCUT2D eigenvalue weighted by atomic mass is 32.1. The number of pyridine rings is 2. The van der Waals surface area contributed by atoms with Crippen LogP contribution in [-0.2, 0) is 17.6 Å². The van der Waals surface area contributed by atoms with Gasteiger partial charge in [0.25, 0.3) is 0 Å². The summed E-state index contributed by atoms with van der Waals surface area (Å²) in [7, 11) is 1.85. The van der Waals surface area contributed by atoms with E-state index in [9.17, 15) is 4.79 Å². The van der Waals surface area contributed by atoms with Crippen molar-refractivity contribution in [1.29, 1.82) is 0 Å². The Morgan fingerprint density at radius 3 is 2.51 bits per heavy atom. The summed E-state index contributed by atoms with van der Waals surface area (Å²) in [6.45, 7) is 3.50. The minimum Gasteiger partial charge on any atom is -0.373 e. The second kappa shape index (κ2) is 9.25. The minimum atomic E-state index is -0.127. The summed E-state index contributed by atoms with van der Waals surface area (Å²) in [5.74, 6) is 0.682. The lowest BCUT2D eigenvalue weighted by Crippen LogP contribution is -2.07. The lowest BCUT2D eigenvalue weighted by atomic mass is 9.95. The number of amides is 1. The van der Waals surface area contributed by atoms with Crippen molar-refractivity contribution in [1.82, 2.24) is 24.7 Å². The molecule has 1 aliphatic rings. The molecule has 0 aliphatic heterocycles. The van der Waals surface area contributed by atoms with Crippen LogP contribution in [-0.4, -0.2) is 37.7 Å². The van der Waals surface area contributed by atoms with E-state index in [1.807, 2.05) is 49.2 Å². The zero-order valence-electron chi connectivity index (χ0n) is 20.7. The van der Waals surface area contributed by atoms with E-state index in [1.54, 1.807) is 0 Å². The van der Waals surface area contributed by atoms with Crippen LogP contribution in [0.15, 0.2) is 60.9 Å². The van der Waals surface area contributed by atoms with Gasteiger partial charge in [0.15, 0.2) is 5.13 Å². The monoisotopic (exact) mass is 507 g/mol. The highest BCUT2D eigenvalue weighted by molar-refractivity contribution is 7.19. The van der Waals surface area contributed by atoms with Crippen molar-refractivity contribution < 1.29 is 4.79 Å². The predicted molar refractivity (Wildman–Crippen MR) is 147 cm³/mol. The second-order valence-electron chi connectivity index (χ2n) is 8.98. The van der Waals surface area contributed by atoms with Crippen LogP contribution in [0, 0.1) is 6.92 Å². The molecule has 9 heteroatoms.